The fraction of sp³-hybridized carbons (Fsp3) is 0.364. The van der Waals surface area contributed by atoms with Crippen LogP contribution in [0.1, 0.15) is 31.4 Å². The molecule has 0 aromatic heterocycles. The third-order valence-electron chi connectivity index (χ3n) is 5.04. The standard InChI is InChI=1S/C22H26N2O2/c1-3-17-10-12-20(13-11-17)24-16-19(14-21(24)25)22(26)23(4-2)15-18-8-6-5-7-9-18/h5-13,19H,3-4,14-16H2,1-2H3/t19-/m1/s1. The molecular weight excluding hydrogens is 324 g/mol. The molecule has 2 aromatic rings. The van der Waals surface area contributed by atoms with E-state index in [0.717, 1.165) is 17.7 Å². The third-order valence-corrected chi connectivity index (χ3v) is 5.04. The van der Waals surface area contributed by atoms with E-state index in [1.165, 1.54) is 5.56 Å². The number of carbonyl (C=O) groups excluding carboxylic acids is 2. The molecule has 1 aliphatic rings. The van der Waals surface area contributed by atoms with Crippen LogP contribution < -0.4 is 4.90 Å². The first-order valence-electron chi connectivity index (χ1n) is 9.34. The predicted octanol–water partition coefficient (Wildman–Crippen LogP) is 3.65. The number of amides is 2. The minimum absolute atomic E-state index is 0.0309. The fourth-order valence-corrected chi connectivity index (χ4v) is 3.44. The second kappa shape index (κ2) is 8.17. The molecule has 4 nitrogen and oxygen atoms in total. The van der Waals surface area contributed by atoms with Crippen LogP contribution in [0, 0.1) is 5.92 Å². The van der Waals surface area contributed by atoms with E-state index in [2.05, 4.69) is 6.92 Å². The van der Waals surface area contributed by atoms with Crippen molar-refractivity contribution in [2.45, 2.75) is 33.2 Å². The topological polar surface area (TPSA) is 40.6 Å². The summed E-state index contributed by atoms with van der Waals surface area (Å²) in [4.78, 5) is 29.0. The van der Waals surface area contributed by atoms with E-state index in [-0.39, 0.29) is 17.7 Å². The van der Waals surface area contributed by atoms with Gasteiger partial charge in [0.15, 0.2) is 0 Å². The van der Waals surface area contributed by atoms with Crippen molar-refractivity contribution in [2.75, 3.05) is 18.0 Å². The highest BCUT2D eigenvalue weighted by Crippen LogP contribution is 2.27. The van der Waals surface area contributed by atoms with Gasteiger partial charge in [0, 0.05) is 31.7 Å². The highest BCUT2D eigenvalue weighted by molar-refractivity contribution is 6.00. The van der Waals surface area contributed by atoms with Crippen LogP contribution >= 0.6 is 0 Å². The quantitative estimate of drug-likeness (QED) is 0.798. The van der Waals surface area contributed by atoms with Crippen molar-refractivity contribution >= 4 is 17.5 Å². The second-order valence-corrected chi connectivity index (χ2v) is 6.76. The third kappa shape index (κ3) is 3.96. The van der Waals surface area contributed by atoms with Gasteiger partial charge in [0.25, 0.3) is 0 Å². The van der Waals surface area contributed by atoms with Gasteiger partial charge in [-0.1, -0.05) is 49.4 Å². The van der Waals surface area contributed by atoms with E-state index in [9.17, 15) is 9.59 Å². The molecule has 1 heterocycles. The Bertz CT molecular complexity index is 755. The Labute approximate surface area is 155 Å². The molecule has 0 spiro atoms. The van der Waals surface area contributed by atoms with E-state index < -0.39 is 0 Å². The molecule has 1 atom stereocenters. The summed E-state index contributed by atoms with van der Waals surface area (Å²) >= 11 is 0. The Kier molecular flexibility index (Phi) is 5.71. The number of nitrogens with zero attached hydrogens (tertiary/aromatic N) is 2. The maximum atomic E-state index is 13.0. The summed E-state index contributed by atoms with van der Waals surface area (Å²) in [5, 5.41) is 0. The maximum Gasteiger partial charge on any atom is 0.228 e. The number of rotatable bonds is 6. The lowest BCUT2D eigenvalue weighted by molar-refractivity contribution is -0.136. The average Bonchev–Trinajstić information content (AvgIpc) is 3.08. The van der Waals surface area contributed by atoms with Gasteiger partial charge >= 0.3 is 0 Å². The van der Waals surface area contributed by atoms with Crippen molar-refractivity contribution in [3.8, 4) is 0 Å². The number of aryl methyl sites for hydroxylation is 1. The van der Waals surface area contributed by atoms with Crippen LogP contribution in [-0.2, 0) is 22.6 Å². The number of carbonyl (C=O) groups is 2. The zero-order valence-electron chi connectivity index (χ0n) is 15.5. The molecule has 2 aromatic carbocycles. The van der Waals surface area contributed by atoms with Crippen LogP contribution in [0.2, 0.25) is 0 Å². The van der Waals surface area contributed by atoms with Crippen LogP contribution in [0.4, 0.5) is 5.69 Å². The van der Waals surface area contributed by atoms with E-state index in [1.54, 1.807) is 4.90 Å². The maximum absolute atomic E-state index is 13.0. The lowest BCUT2D eigenvalue weighted by Crippen LogP contribution is -2.37. The van der Waals surface area contributed by atoms with Crippen LogP contribution in [-0.4, -0.2) is 29.8 Å². The first-order valence-corrected chi connectivity index (χ1v) is 9.34. The summed E-state index contributed by atoms with van der Waals surface area (Å²) in [7, 11) is 0. The monoisotopic (exact) mass is 350 g/mol. The molecule has 3 rings (SSSR count). The summed E-state index contributed by atoms with van der Waals surface area (Å²) in [6, 6.07) is 18.0. The van der Waals surface area contributed by atoms with Crippen LogP contribution in [0.25, 0.3) is 0 Å². The second-order valence-electron chi connectivity index (χ2n) is 6.76. The van der Waals surface area contributed by atoms with Gasteiger partial charge in [-0.15, -0.1) is 0 Å². The highest BCUT2D eigenvalue weighted by Gasteiger charge is 2.36. The minimum atomic E-state index is -0.267. The lowest BCUT2D eigenvalue weighted by Gasteiger charge is -2.24. The Balaban J connectivity index is 1.69. The molecule has 0 bridgehead atoms. The molecule has 0 N–H and O–H groups in total. The lowest BCUT2D eigenvalue weighted by atomic mass is 10.1. The Morgan fingerprint density at radius 2 is 1.73 bits per heavy atom. The molecule has 0 unspecified atom stereocenters. The molecular formula is C22H26N2O2. The van der Waals surface area contributed by atoms with Gasteiger partial charge < -0.3 is 9.80 Å². The summed E-state index contributed by atoms with van der Waals surface area (Å²) in [5.41, 5.74) is 3.24. The van der Waals surface area contributed by atoms with Gasteiger partial charge in [-0.3, -0.25) is 9.59 Å². The molecule has 0 radical (unpaired) electrons. The highest BCUT2D eigenvalue weighted by atomic mass is 16.2. The zero-order valence-corrected chi connectivity index (χ0v) is 15.5. The van der Waals surface area contributed by atoms with Gasteiger partial charge in [-0.05, 0) is 36.6 Å². The molecule has 1 saturated heterocycles. The summed E-state index contributed by atoms with van der Waals surface area (Å²) in [6.07, 6.45) is 1.26. The van der Waals surface area contributed by atoms with Crippen molar-refractivity contribution in [3.63, 3.8) is 0 Å². The van der Waals surface area contributed by atoms with Crippen molar-refractivity contribution < 1.29 is 9.59 Å². The Morgan fingerprint density at radius 1 is 1.04 bits per heavy atom. The minimum Gasteiger partial charge on any atom is -0.338 e. The number of hydrogen-bond donors (Lipinski definition) is 0. The van der Waals surface area contributed by atoms with Crippen molar-refractivity contribution in [2.24, 2.45) is 5.92 Å². The van der Waals surface area contributed by atoms with Crippen LogP contribution in [0.3, 0.4) is 0 Å². The molecule has 1 fully saturated rings. The molecule has 0 saturated carbocycles. The predicted molar refractivity (Wildman–Crippen MR) is 104 cm³/mol. The van der Waals surface area contributed by atoms with Gasteiger partial charge in [0.1, 0.15) is 0 Å². The summed E-state index contributed by atoms with van der Waals surface area (Å²) in [5.74, 6) is -0.169. The van der Waals surface area contributed by atoms with Crippen LogP contribution in [0.5, 0.6) is 0 Å². The molecule has 2 amide bonds. The molecule has 26 heavy (non-hydrogen) atoms. The molecule has 1 aliphatic heterocycles. The molecule has 4 heteroatoms. The molecule has 136 valence electrons. The first-order chi connectivity index (χ1) is 12.6. The van der Waals surface area contributed by atoms with E-state index in [1.807, 2.05) is 66.4 Å². The van der Waals surface area contributed by atoms with Gasteiger partial charge in [0.05, 0.1) is 5.92 Å². The Hall–Kier alpha value is -2.62. The largest absolute Gasteiger partial charge is 0.338 e. The van der Waals surface area contributed by atoms with Crippen molar-refractivity contribution in [3.05, 3.63) is 65.7 Å². The number of hydrogen-bond acceptors (Lipinski definition) is 2. The smallest absolute Gasteiger partial charge is 0.228 e. The Morgan fingerprint density at radius 3 is 2.35 bits per heavy atom. The van der Waals surface area contributed by atoms with Gasteiger partial charge in [-0.2, -0.15) is 0 Å². The average molecular weight is 350 g/mol. The van der Waals surface area contributed by atoms with Crippen molar-refractivity contribution in [1.29, 1.82) is 0 Å². The van der Waals surface area contributed by atoms with Gasteiger partial charge in [-0.25, -0.2) is 0 Å². The van der Waals surface area contributed by atoms with Crippen molar-refractivity contribution in [1.82, 2.24) is 4.90 Å². The van der Waals surface area contributed by atoms with E-state index >= 15 is 0 Å². The summed E-state index contributed by atoms with van der Waals surface area (Å²) in [6.45, 7) is 5.79. The first kappa shape index (κ1) is 18.2. The SMILES string of the molecule is CCc1ccc(N2C[C@H](C(=O)N(CC)Cc3ccccc3)CC2=O)cc1. The zero-order chi connectivity index (χ0) is 18.5. The van der Waals surface area contributed by atoms with E-state index in [0.29, 0.717) is 26.1 Å². The normalized spacial score (nSPS) is 16.8. The summed E-state index contributed by atoms with van der Waals surface area (Å²) < 4.78 is 0. The van der Waals surface area contributed by atoms with E-state index in [4.69, 9.17) is 0 Å². The van der Waals surface area contributed by atoms with Gasteiger partial charge in [0.2, 0.25) is 11.8 Å². The number of benzene rings is 2. The fourth-order valence-electron chi connectivity index (χ4n) is 3.44. The number of anilines is 1. The molecule has 0 aliphatic carbocycles. The van der Waals surface area contributed by atoms with Crippen LogP contribution in [0.15, 0.2) is 54.6 Å².